The highest BCUT2D eigenvalue weighted by Crippen LogP contribution is 2.20. The van der Waals surface area contributed by atoms with E-state index in [4.69, 9.17) is 0 Å². The molecule has 2 rings (SSSR count). The van der Waals surface area contributed by atoms with Crippen molar-refractivity contribution in [3.8, 4) is 5.75 Å². The molecule has 106 valence electrons. The van der Waals surface area contributed by atoms with Crippen molar-refractivity contribution >= 4 is 0 Å². The first-order chi connectivity index (χ1) is 9.27. The Morgan fingerprint density at radius 3 is 2.79 bits per heavy atom. The van der Waals surface area contributed by atoms with Gasteiger partial charge in [-0.1, -0.05) is 24.6 Å². The molecule has 3 nitrogen and oxygen atoms in total. The molecular formula is C16H26N2O. The van der Waals surface area contributed by atoms with Crippen LogP contribution in [0, 0.1) is 6.92 Å². The van der Waals surface area contributed by atoms with E-state index in [0.29, 0.717) is 5.75 Å². The molecule has 0 spiro atoms. The molecule has 2 N–H and O–H groups in total. The van der Waals surface area contributed by atoms with Crippen molar-refractivity contribution < 1.29 is 5.11 Å². The largest absolute Gasteiger partial charge is 0.507 e. The molecule has 0 amide bonds. The zero-order valence-corrected chi connectivity index (χ0v) is 12.0. The predicted octanol–water partition coefficient (Wildman–Crippen LogP) is 2.67. The van der Waals surface area contributed by atoms with Crippen molar-refractivity contribution in [1.82, 2.24) is 10.2 Å². The van der Waals surface area contributed by atoms with Gasteiger partial charge in [0.15, 0.2) is 0 Å². The summed E-state index contributed by atoms with van der Waals surface area (Å²) in [6, 6.07) is 5.93. The van der Waals surface area contributed by atoms with Gasteiger partial charge in [0.2, 0.25) is 0 Å². The Hall–Kier alpha value is -1.06. The van der Waals surface area contributed by atoms with Gasteiger partial charge in [-0.05, 0) is 57.9 Å². The van der Waals surface area contributed by atoms with E-state index in [-0.39, 0.29) is 0 Å². The normalized spacial score (nSPS) is 16.7. The summed E-state index contributed by atoms with van der Waals surface area (Å²) in [5.41, 5.74) is 1.95. The second-order valence-electron chi connectivity index (χ2n) is 5.52. The molecule has 1 saturated heterocycles. The molecule has 19 heavy (non-hydrogen) atoms. The van der Waals surface area contributed by atoms with Crippen LogP contribution in [-0.4, -0.2) is 36.2 Å². The van der Waals surface area contributed by atoms with Crippen molar-refractivity contribution in [2.24, 2.45) is 0 Å². The lowest BCUT2D eigenvalue weighted by atomic mass is 10.1. The van der Waals surface area contributed by atoms with Crippen LogP contribution in [0.25, 0.3) is 0 Å². The Bertz CT molecular complexity index is 386. The van der Waals surface area contributed by atoms with Gasteiger partial charge in [-0.3, -0.25) is 0 Å². The summed E-state index contributed by atoms with van der Waals surface area (Å²) in [5.74, 6) is 0.436. The number of aryl methyl sites for hydroxylation is 1. The average Bonchev–Trinajstić information content (AvgIpc) is 2.44. The van der Waals surface area contributed by atoms with E-state index in [1.807, 2.05) is 25.1 Å². The van der Waals surface area contributed by atoms with Crippen molar-refractivity contribution in [3.63, 3.8) is 0 Å². The second-order valence-corrected chi connectivity index (χ2v) is 5.52. The Labute approximate surface area is 116 Å². The zero-order valence-electron chi connectivity index (χ0n) is 12.0. The third-order valence-corrected chi connectivity index (χ3v) is 3.91. The zero-order chi connectivity index (χ0) is 13.5. The van der Waals surface area contributed by atoms with E-state index in [1.54, 1.807) is 0 Å². The van der Waals surface area contributed by atoms with Crippen LogP contribution >= 0.6 is 0 Å². The number of aromatic hydroxyl groups is 1. The van der Waals surface area contributed by atoms with Gasteiger partial charge >= 0.3 is 0 Å². The van der Waals surface area contributed by atoms with E-state index in [0.717, 1.165) is 24.2 Å². The molecule has 1 aromatic rings. The van der Waals surface area contributed by atoms with Gasteiger partial charge in [0.25, 0.3) is 0 Å². The average molecular weight is 262 g/mol. The number of phenolic OH excluding ortho intramolecular Hbond substituents is 1. The smallest absolute Gasteiger partial charge is 0.122 e. The van der Waals surface area contributed by atoms with Crippen LogP contribution in [0.1, 0.15) is 36.8 Å². The van der Waals surface area contributed by atoms with Crippen molar-refractivity contribution in [2.75, 3.05) is 26.2 Å². The summed E-state index contributed by atoms with van der Waals surface area (Å²) in [7, 11) is 0. The second kappa shape index (κ2) is 7.51. The fourth-order valence-electron chi connectivity index (χ4n) is 2.70. The molecule has 0 saturated carbocycles. The van der Waals surface area contributed by atoms with Gasteiger partial charge in [0.05, 0.1) is 0 Å². The molecule has 0 radical (unpaired) electrons. The number of piperidine rings is 1. The minimum Gasteiger partial charge on any atom is -0.507 e. The van der Waals surface area contributed by atoms with E-state index >= 15 is 0 Å². The monoisotopic (exact) mass is 262 g/mol. The number of hydrogen-bond donors (Lipinski definition) is 2. The number of nitrogens with zero attached hydrogens (tertiary/aromatic N) is 1. The number of phenols is 1. The van der Waals surface area contributed by atoms with Crippen molar-refractivity contribution in [3.05, 3.63) is 29.3 Å². The quantitative estimate of drug-likeness (QED) is 0.774. The summed E-state index contributed by atoms with van der Waals surface area (Å²) in [6.07, 6.45) is 5.32. The third kappa shape index (κ3) is 4.51. The van der Waals surface area contributed by atoms with Crippen molar-refractivity contribution in [2.45, 2.75) is 39.2 Å². The maximum absolute atomic E-state index is 9.91. The molecule has 0 aromatic heterocycles. The SMILES string of the molecule is Cc1cccc(CNCCCN2CCCCC2)c1O. The number of rotatable bonds is 6. The molecule has 1 aliphatic heterocycles. The highest BCUT2D eigenvalue weighted by Gasteiger charge is 2.08. The van der Waals surface area contributed by atoms with Crippen LogP contribution in [-0.2, 0) is 6.54 Å². The van der Waals surface area contributed by atoms with Gasteiger partial charge in [-0.2, -0.15) is 0 Å². The van der Waals surface area contributed by atoms with E-state index < -0.39 is 0 Å². The van der Waals surface area contributed by atoms with Gasteiger partial charge in [-0.15, -0.1) is 0 Å². The fourth-order valence-corrected chi connectivity index (χ4v) is 2.70. The molecule has 1 heterocycles. The Morgan fingerprint density at radius 1 is 1.21 bits per heavy atom. The lowest BCUT2D eigenvalue weighted by molar-refractivity contribution is 0.225. The fraction of sp³-hybridized carbons (Fsp3) is 0.625. The van der Waals surface area contributed by atoms with Crippen LogP contribution in [0.3, 0.4) is 0 Å². The highest BCUT2D eigenvalue weighted by atomic mass is 16.3. The Kier molecular flexibility index (Phi) is 5.67. The first kappa shape index (κ1) is 14.4. The minimum atomic E-state index is 0.436. The molecule has 0 bridgehead atoms. The topological polar surface area (TPSA) is 35.5 Å². The maximum Gasteiger partial charge on any atom is 0.122 e. The van der Waals surface area contributed by atoms with Gasteiger partial charge in [-0.25, -0.2) is 0 Å². The minimum absolute atomic E-state index is 0.436. The van der Waals surface area contributed by atoms with E-state index in [1.165, 1.54) is 45.3 Å². The summed E-state index contributed by atoms with van der Waals surface area (Å²) < 4.78 is 0. The lowest BCUT2D eigenvalue weighted by Gasteiger charge is -2.26. The van der Waals surface area contributed by atoms with Crippen LogP contribution < -0.4 is 5.32 Å². The molecular weight excluding hydrogens is 236 g/mol. The lowest BCUT2D eigenvalue weighted by Crippen LogP contribution is -2.32. The summed E-state index contributed by atoms with van der Waals surface area (Å²) in [4.78, 5) is 2.56. The molecule has 1 fully saturated rings. The Morgan fingerprint density at radius 2 is 2.00 bits per heavy atom. The highest BCUT2D eigenvalue weighted by molar-refractivity contribution is 5.39. The first-order valence-corrected chi connectivity index (χ1v) is 7.48. The molecule has 1 aromatic carbocycles. The molecule has 0 unspecified atom stereocenters. The molecule has 0 aliphatic carbocycles. The van der Waals surface area contributed by atoms with Crippen LogP contribution in [0.4, 0.5) is 0 Å². The van der Waals surface area contributed by atoms with E-state index in [9.17, 15) is 5.11 Å². The standard InChI is InChI=1S/C16H26N2O/c1-14-7-5-8-15(16(14)19)13-17-9-6-12-18-10-3-2-4-11-18/h5,7-8,17,19H,2-4,6,9-13H2,1H3. The van der Waals surface area contributed by atoms with Gasteiger partial charge < -0.3 is 15.3 Å². The summed E-state index contributed by atoms with van der Waals surface area (Å²) in [6.45, 7) is 7.47. The number of likely N-dealkylation sites (tertiary alicyclic amines) is 1. The number of nitrogens with one attached hydrogen (secondary N) is 1. The number of para-hydroxylation sites is 1. The summed E-state index contributed by atoms with van der Waals surface area (Å²) >= 11 is 0. The Balaban J connectivity index is 1.62. The van der Waals surface area contributed by atoms with Gasteiger partial charge in [0.1, 0.15) is 5.75 Å². The predicted molar refractivity (Wildman–Crippen MR) is 79.5 cm³/mol. The first-order valence-electron chi connectivity index (χ1n) is 7.48. The maximum atomic E-state index is 9.91. The van der Waals surface area contributed by atoms with Gasteiger partial charge in [0, 0.05) is 12.1 Å². The van der Waals surface area contributed by atoms with Crippen LogP contribution in [0.5, 0.6) is 5.75 Å². The van der Waals surface area contributed by atoms with Crippen LogP contribution in [0.15, 0.2) is 18.2 Å². The number of benzene rings is 1. The van der Waals surface area contributed by atoms with Crippen molar-refractivity contribution in [1.29, 1.82) is 0 Å². The van der Waals surface area contributed by atoms with E-state index in [2.05, 4.69) is 10.2 Å². The van der Waals surface area contributed by atoms with Crippen LogP contribution in [0.2, 0.25) is 0 Å². The molecule has 1 aliphatic rings. The summed E-state index contributed by atoms with van der Waals surface area (Å²) in [5, 5.41) is 13.3. The number of hydrogen-bond acceptors (Lipinski definition) is 3. The molecule has 3 heteroatoms. The molecule has 0 atom stereocenters. The third-order valence-electron chi connectivity index (χ3n) is 3.91.